The maximum atomic E-state index is 14.0. The summed E-state index contributed by atoms with van der Waals surface area (Å²) in [5.41, 5.74) is 1.51. The normalized spacial score (nSPS) is 22.5. The van der Waals surface area contributed by atoms with Crippen molar-refractivity contribution >= 4 is 17.6 Å². The number of halogens is 2. The summed E-state index contributed by atoms with van der Waals surface area (Å²) in [7, 11) is 0. The molecule has 2 aliphatic rings. The van der Waals surface area contributed by atoms with Crippen molar-refractivity contribution in [2.45, 2.75) is 18.8 Å². The highest BCUT2D eigenvalue weighted by molar-refractivity contribution is 6.30. The highest BCUT2D eigenvalue weighted by Gasteiger charge is 2.50. The minimum atomic E-state index is -1.09. The van der Waals surface area contributed by atoms with Crippen LogP contribution in [0, 0.1) is 11.7 Å². The number of aromatic carboxylic acids is 1. The molecule has 1 fully saturated rings. The SMILES string of the molecule is O=C(O)c1nn(-c2ncc(Cl)cc2F)c2c1C[C@H]1C[C@@H]21. The lowest BCUT2D eigenvalue weighted by Gasteiger charge is -2.06. The van der Waals surface area contributed by atoms with E-state index in [9.17, 15) is 14.3 Å². The molecule has 1 saturated carbocycles. The van der Waals surface area contributed by atoms with Gasteiger partial charge < -0.3 is 5.11 Å². The molecule has 2 aromatic rings. The molecule has 7 heteroatoms. The third-order valence-electron chi connectivity index (χ3n) is 3.95. The average molecular weight is 294 g/mol. The number of hydrogen-bond donors (Lipinski definition) is 1. The number of fused-ring (bicyclic) bond motifs is 3. The molecule has 5 nitrogen and oxygen atoms in total. The van der Waals surface area contributed by atoms with Gasteiger partial charge in [-0.2, -0.15) is 5.10 Å². The molecule has 2 aromatic heterocycles. The van der Waals surface area contributed by atoms with Gasteiger partial charge >= 0.3 is 5.97 Å². The quantitative estimate of drug-likeness (QED) is 0.923. The van der Waals surface area contributed by atoms with Crippen LogP contribution in [0.5, 0.6) is 0 Å². The minimum Gasteiger partial charge on any atom is -0.476 e. The first-order valence-corrected chi connectivity index (χ1v) is 6.60. The minimum absolute atomic E-state index is 0.00310. The molecule has 0 saturated heterocycles. The van der Waals surface area contributed by atoms with Gasteiger partial charge in [0.15, 0.2) is 17.3 Å². The molecule has 20 heavy (non-hydrogen) atoms. The Kier molecular flexibility index (Phi) is 2.24. The molecule has 2 heterocycles. The van der Waals surface area contributed by atoms with Crippen LogP contribution >= 0.6 is 11.6 Å². The van der Waals surface area contributed by atoms with Gasteiger partial charge in [0.1, 0.15) is 0 Å². The van der Waals surface area contributed by atoms with Crippen molar-refractivity contribution in [3.8, 4) is 5.82 Å². The molecular weight excluding hydrogens is 285 g/mol. The van der Waals surface area contributed by atoms with Gasteiger partial charge in [0, 0.05) is 17.7 Å². The van der Waals surface area contributed by atoms with E-state index < -0.39 is 11.8 Å². The highest BCUT2D eigenvalue weighted by atomic mass is 35.5. The molecule has 0 amide bonds. The van der Waals surface area contributed by atoms with Crippen LogP contribution in [0.15, 0.2) is 12.3 Å². The van der Waals surface area contributed by atoms with Crippen molar-refractivity contribution in [3.05, 3.63) is 40.1 Å². The zero-order valence-corrected chi connectivity index (χ0v) is 10.9. The van der Waals surface area contributed by atoms with Crippen LogP contribution in [-0.4, -0.2) is 25.8 Å². The topological polar surface area (TPSA) is 68.0 Å². The molecule has 2 atom stereocenters. The Morgan fingerprint density at radius 3 is 3.05 bits per heavy atom. The number of carbonyl (C=O) groups is 1. The van der Waals surface area contributed by atoms with E-state index in [2.05, 4.69) is 10.1 Å². The molecule has 0 unspecified atom stereocenters. The smallest absolute Gasteiger partial charge is 0.356 e. The number of carboxylic acid groups (broad SMARTS) is 1. The molecule has 0 spiro atoms. The summed E-state index contributed by atoms with van der Waals surface area (Å²) >= 11 is 5.69. The maximum absolute atomic E-state index is 14.0. The molecule has 102 valence electrons. The fourth-order valence-electron chi connectivity index (χ4n) is 3.01. The molecular formula is C13H9ClFN3O2. The summed E-state index contributed by atoms with van der Waals surface area (Å²) in [4.78, 5) is 15.2. The Bertz CT molecular complexity index is 758. The Hall–Kier alpha value is -1.95. The summed E-state index contributed by atoms with van der Waals surface area (Å²) in [5, 5.41) is 13.4. The standard InChI is InChI=1S/C13H9ClFN3O2/c14-6-3-9(15)12(16-4-6)18-11-7-1-5(7)2-8(11)10(17-18)13(19)20/h3-5,7H,1-2H2,(H,19,20)/t5-,7-/m1/s1. The van der Waals surface area contributed by atoms with E-state index in [1.165, 1.54) is 10.9 Å². The van der Waals surface area contributed by atoms with Gasteiger partial charge in [0.25, 0.3) is 0 Å². The van der Waals surface area contributed by atoms with Crippen LogP contribution in [0.2, 0.25) is 5.02 Å². The van der Waals surface area contributed by atoms with E-state index in [0.717, 1.165) is 23.7 Å². The zero-order chi connectivity index (χ0) is 14.0. The summed E-state index contributed by atoms with van der Waals surface area (Å²) in [6, 6.07) is 1.15. The average Bonchev–Trinajstić information content (AvgIpc) is 2.89. The number of carboxylic acids is 1. The summed E-state index contributed by atoms with van der Waals surface area (Å²) in [6.45, 7) is 0. The van der Waals surface area contributed by atoms with Gasteiger partial charge in [-0.3, -0.25) is 0 Å². The Morgan fingerprint density at radius 2 is 2.35 bits per heavy atom. The number of nitrogens with zero attached hydrogens (tertiary/aromatic N) is 3. The predicted molar refractivity (Wildman–Crippen MR) is 67.8 cm³/mol. The zero-order valence-electron chi connectivity index (χ0n) is 10.2. The first-order chi connectivity index (χ1) is 9.56. The number of rotatable bonds is 2. The van der Waals surface area contributed by atoms with Gasteiger partial charge in [-0.1, -0.05) is 11.6 Å². The largest absolute Gasteiger partial charge is 0.476 e. The van der Waals surface area contributed by atoms with Crippen molar-refractivity contribution < 1.29 is 14.3 Å². The first kappa shape index (κ1) is 11.8. The van der Waals surface area contributed by atoms with Crippen LogP contribution in [0.4, 0.5) is 4.39 Å². The fourth-order valence-corrected chi connectivity index (χ4v) is 3.16. The molecule has 4 rings (SSSR count). The molecule has 2 aliphatic carbocycles. The monoisotopic (exact) mass is 293 g/mol. The van der Waals surface area contributed by atoms with Gasteiger partial charge in [0.2, 0.25) is 0 Å². The van der Waals surface area contributed by atoms with Gasteiger partial charge in [-0.25, -0.2) is 18.9 Å². The molecule has 1 N–H and O–H groups in total. The highest BCUT2D eigenvalue weighted by Crippen LogP contribution is 2.57. The Balaban J connectivity index is 1.94. The van der Waals surface area contributed by atoms with Crippen LogP contribution in [0.3, 0.4) is 0 Å². The van der Waals surface area contributed by atoms with Crippen molar-refractivity contribution in [2.75, 3.05) is 0 Å². The van der Waals surface area contributed by atoms with Gasteiger partial charge in [-0.05, 0) is 24.8 Å². The van der Waals surface area contributed by atoms with Crippen LogP contribution in [-0.2, 0) is 6.42 Å². The third kappa shape index (κ3) is 1.51. The number of hydrogen-bond acceptors (Lipinski definition) is 3. The van der Waals surface area contributed by atoms with Gasteiger partial charge in [-0.15, -0.1) is 0 Å². The van der Waals surface area contributed by atoms with Crippen LogP contribution in [0.25, 0.3) is 5.82 Å². The second kappa shape index (κ2) is 3.79. The third-order valence-corrected chi connectivity index (χ3v) is 4.16. The second-order valence-electron chi connectivity index (χ2n) is 5.19. The number of pyridine rings is 1. The summed E-state index contributed by atoms with van der Waals surface area (Å²) in [6.07, 6.45) is 3.04. The Morgan fingerprint density at radius 1 is 1.55 bits per heavy atom. The van der Waals surface area contributed by atoms with Crippen LogP contribution in [0.1, 0.15) is 34.1 Å². The van der Waals surface area contributed by atoms with Crippen LogP contribution < -0.4 is 0 Å². The Labute approximate surface area is 118 Å². The van der Waals surface area contributed by atoms with Crippen molar-refractivity contribution in [3.63, 3.8) is 0 Å². The fraction of sp³-hybridized carbons (Fsp3) is 0.308. The molecule has 0 aliphatic heterocycles. The summed E-state index contributed by atoms with van der Waals surface area (Å²) in [5.74, 6) is -0.935. The molecule has 0 bridgehead atoms. The molecule has 0 radical (unpaired) electrons. The van der Waals surface area contributed by atoms with E-state index >= 15 is 0 Å². The maximum Gasteiger partial charge on any atom is 0.356 e. The molecule has 0 aromatic carbocycles. The van der Waals surface area contributed by atoms with Crippen molar-refractivity contribution in [1.82, 2.24) is 14.8 Å². The van der Waals surface area contributed by atoms with E-state index in [-0.39, 0.29) is 22.5 Å². The second-order valence-corrected chi connectivity index (χ2v) is 5.63. The van der Waals surface area contributed by atoms with E-state index in [1.807, 2.05) is 0 Å². The van der Waals surface area contributed by atoms with Crippen molar-refractivity contribution in [2.24, 2.45) is 5.92 Å². The lowest BCUT2D eigenvalue weighted by molar-refractivity contribution is 0.0688. The number of aromatic nitrogens is 3. The van der Waals surface area contributed by atoms with Crippen molar-refractivity contribution in [1.29, 1.82) is 0 Å². The van der Waals surface area contributed by atoms with E-state index in [4.69, 9.17) is 11.6 Å². The lowest BCUT2D eigenvalue weighted by Crippen LogP contribution is -2.07. The first-order valence-electron chi connectivity index (χ1n) is 6.22. The predicted octanol–water partition coefficient (Wildman–Crippen LogP) is 2.42. The lowest BCUT2D eigenvalue weighted by atomic mass is 10.1. The van der Waals surface area contributed by atoms with Gasteiger partial charge in [0.05, 0.1) is 10.7 Å². The van der Waals surface area contributed by atoms with E-state index in [1.54, 1.807) is 0 Å². The summed E-state index contributed by atoms with van der Waals surface area (Å²) < 4.78 is 15.3. The van der Waals surface area contributed by atoms with E-state index in [0.29, 0.717) is 12.3 Å².